The zero-order valence-corrected chi connectivity index (χ0v) is 26.8. The number of rotatable bonds is 11. The molecule has 1 fully saturated rings. The Balaban J connectivity index is 1.15. The van der Waals surface area contributed by atoms with E-state index < -0.39 is 17.4 Å². The minimum Gasteiger partial charge on any atom is -0.493 e. The molecule has 2 aromatic heterocycles. The number of benzene rings is 3. The van der Waals surface area contributed by atoms with Crippen LogP contribution in [0.25, 0.3) is 16.6 Å². The van der Waals surface area contributed by atoms with Crippen molar-refractivity contribution in [2.24, 2.45) is 7.05 Å². The SMILES string of the molecule is COc1cc2c(Oc3ccc(NC(=O)c4nn(-c5ccccc5Cl)c(=O)n4C)cc3F)ccnc2cc1OCCCN1CCCCC1. The number of para-hydroxylation sites is 1. The van der Waals surface area contributed by atoms with E-state index in [0.717, 1.165) is 41.4 Å². The molecule has 0 spiro atoms. The van der Waals surface area contributed by atoms with Gasteiger partial charge in [-0.05, 0) is 68.8 Å². The molecule has 13 heteroatoms. The maximum atomic E-state index is 15.3. The second kappa shape index (κ2) is 14.2. The maximum absolute atomic E-state index is 15.3. The lowest BCUT2D eigenvalue weighted by molar-refractivity contribution is 0.101. The number of carbonyl (C=O) groups is 1. The average Bonchev–Trinajstić information content (AvgIpc) is 3.38. The van der Waals surface area contributed by atoms with Gasteiger partial charge >= 0.3 is 5.69 Å². The number of hydrogen-bond donors (Lipinski definition) is 1. The highest BCUT2D eigenvalue weighted by Gasteiger charge is 2.21. The Kier molecular flexibility index (Phi) is 9.69. The number of likely N-dealkylation sites (tertiary alicyclic amines) is 1. The molecule has 3 heterocycles. The van der Waals surface area contributed by atoms with Crippen LogP contribution in [0.4, 0.5) is 10.1 Å². The van der Waals surface area contributed by atoms with Gasteiger partial charge in [-0.1, -0.05) is 30.2 Å². The number of methoxy groups -OCH3 is 1. The van der Waals surface area contributed by atoms with E-state index in [-0.39, 0.29) is 17.3 Å². The average molecular weight is 661 g/mol. The fourth-order valence-corrected chi connectivity index (χ4v) is 5.74. The van der Waals surface area contributed by atoms with Crippen LogP contribution in [0.3, 0.4) is 0 Å². The third kappa shape index (κ3) is 7.08. The summed E-state index contributed by atoms with van der Waals surface area (Å²) in [6.07, 6.45) is 6.28. The number of amides is 1. The van der Waals surface area contributed by atoms with Gasteiger partial charge in [0.2, 0.25) is 5.82 Å². The molecule has 0 bridgehead atoms. The number of halogens is 2. The van der Waals surface area contributed by atoms with Crippen LogP contribution >= 0.6 is 11.6 Å². The third-order valence-corrected chi connectivity index (χ3v) is 8.31. The van der Waals surface area contributed by atoms with Crippen LogP contribution in [0.1, 0.15) is 36.3 Å². The van der Waals surface area contributed by atoms with Crippen molar-refractivity contribution in [3.8, 4) is 28.7 Å². The van der Waals surface area contributed by atoms with Crippen molar-refractivity contribution in [2.45, 2.75) is 25.7 Å². The molecule has 0 atom stereocenters. The molecule has 11 nitrogen and oxygen atoms in total. The van der Waals surface area contributed by atoms with E-state index in [0.29, 0.717) is 45.5 Å². The Hall–Kier alpha value is -4.94. The summed E-state index contributed by atoms with van der Waals surface area (Å²) in [6.45, 7) is 3.82. The highest BCUT2D eigenvalue weighted by atomic mass is 35.5. The van der Waals surface area contributed by atoms with E-state index in [1.807, 2.05) is 0 Å². The lowest BCUT2D eigenvalue weighted by Gasteiger charge is -2.26. The Bertz CT molecular complexity index is 1970. The number of aromatic nitrogens is 4. The van der Waals surface area contributed by atoms with E-state index in [2.05, 4.69) is 20.3 Å². The number of hydrogen-bond acceptors (Lipinski definition) is 8. The smallest absolute Gasteiger partial charge is 0.350 e. The molecule has 0 radical (unpaired) electrons. The van der Waals surface area contributed by atoms with Gasteiger partial charge < -0.3 is 24.4 Å². The molecule has 1 saturated heterocycles. The predicted molar refractivity (Wildman–Crippen MR) is 177 cm³/mol. The monoisotopic (exact) mass is 660 g/mol. The first-order valence-corrected chi connectivity index (χ1v) is 15.7. The summed E-state index contributed by atoms with van der Waals surface area (Å²) < 4.78 is 35.0. The van der Waals surface area contributed by atoms with Crippen LogP contribution in [0.15, 0.2) is 71.7 Å². The highest BCUT2D eigenvalue weighted by Crippen LogP contribution is 2.38. The van der Waals surface area contributed by atoms with E-state index in [4.69, 9.17) is 25.8 Å². The first-order valence-electron chi connectivity index (χ1n) is 15.3. The van der Waals surface area contributed by atoms with Crippen LogP contribution in [0.5, 0.6) is 23.0 Å². The number of pyridine rings is 1. The molecule has 1 N–H and O–H groups in total. The Labute approximate surface area is 275 Å². The Morgan fingerprint density at radius 2 is 1.81 bits per heavy atom. The number of fused-ring (bicyclic) bond motifs is 1. The first-order chi connectivity index (χ1) is 22.8. The van der Waals surface area contributed by atoms with Gasteiger partial charge in [-0.2, -0.15) is 4.68 Å². The molecule has 47 heavy (non-hydrogen) atoms. The second-order valence-corrected chi connectivity index (χ2v) is 11.6. The van der Waals surface area contributed by atoms with Gasteiger partial charge in [-0.25, -0.2) is 9.18 Å². The number of ether oxygens (including phenoxy) is 3. The number of anilines is 1. The van der Waals surface area contributed by atoms with E-state index in [1.54, 1.807) is 55.8 Å². The lowest BCUT2D eigenvalue weighted by Crippen LogP contribution is -2.31. The van der Waals surface area contributed by atoms with Gasteiger partial charge in [0.25, 0.3) is 5.91 Å². The van der Waals surface area contributed by atoms with Crippen molar-refractivity contribution < 1.29 is 23.4 Å². The number of piperidine rings is 1. The lowest BCUT2D eigenvalue weighted by atomic mass is 10.1. The van der Waals surface area contributed by atoms with Gasteiger partial charge in [0, 0.05) is 43.0 Å². The molecule has 1 aliphatic heterocycles. The fourth-order valence-electron chi connectivity index (χ4n) is 5.53. The van der Waals surface area contributed by atoms with Crippen molar-refractivity contribution in [1.82, 2.24) is 24.2 Å². The fraction of sp³-hybridized carbons (Fsp3) is 0.294. The van der Waals surface area contributed by atoms with E-state index in [1.165, 1.54) is 38.4 Å². The van der Waals surface area contributed by atoms with Crippen molar-refractivity contribution in [3.05, 3.63) is 94.0 Å². The van der Waals surface area contributed by atoms with E-state index >= 15 is 4.39 Å². The largest absolute Gasteiger partial charge is 0.493 e. The summed E-state index contributed by atoms with van der Waals surface area (Å²) in [5.74, 6) is -0.229. The molecule has 1 aliphatic rings. The quantitative estimate of drug-likeness (QED) is 0.166. The van der Waals surface area contributed by atoms with E-state index in [9.17, 15) is 9.59 Å². The molecule has 1 amide bonds. The van der Waals surface area contributed by atoms with Crippen LogP contribution in [-0.4, -0.2) is 63.5 Å². The molecule has 3 aromatic carbocycles. The van der Waals surface area contributed by atoms with Gasteiger partial charge in [-0.15, -0.1) is 5.10 Å². The summed E-state index contributed by atoms with van der Waals surface area (Å²) in [5, 5.41) is 7.63. The van der Waals surface area contributed by atoms with Crippen LogP contribution in [0, 0.1) is 5.82 Å². The van der Waals surface area contributed by atoms with Gasteiger partial charge in [0.05, 0.1) is 29.9 Å². The molecule has 0 saturated carbocycles. The summed E-state index contributed by atoms with van der Waals surface area (Å²) in [5.41, 5.74) is 0.504. The Morgan fingerprint density at radius 1 is 1.00 bits per heavy atom. The zero-order chi connectivity index (χ0) is 32.9. The van der Waals surface area contributed by atoms with Crippen molar-refractivity contribution in [1.29, 1.82) is 0 Å². The molecule has 6 rings (SSSR count). The molecule has 0 unspecified atom stereocenters. The van der Waals surface area contributed by atoms with Crippen LogP contribution in [0.2, 0.25) is 5.02 Å². The molecule has 244 valence electrons. The van der Waals surface area contributed by atoms with Gasteiger partial charge in [0.15, 0.2) is 23.1 Å². The maximum Gasteiger partial charge on any atom is 0.350 e. The van der Waals surface area contributed by atoms with Crippen molar-refractivity contribution >= 4 is 34.1 Å². The molecular weight excluding hydrogens is 627 g/mol. The topological polar surface area (TPSA) is 113 Å². The molecule has 0 aliphatic carbocycles. The first kappa shape index (κ1) is 32.0. The zero-order valence-electron chi connectivity index (χ0n) is 26.0. The summed E-state index contributed by atoms with van der Waals surface area (Å²) >= 11 is 6.21. The number of nitrogens with zero attached hydrogens (tertiary/aromatic N) is 5. The standard InChI is InChI=1S/C34H34ClFN6O5/c1-40-32(39-42(34(40)44)27-10-5-4-9-24(27)35)33(43)38-22-11-12-29(25(36)19-22)47-28-13-14-37-26-21-31(30(45-2)20-23(26)28)46-18-8-17-41-15-6-3-7-16-41/h4-5,9-14,19-21H,3,6-8,15-18H2,1-2H3,(H,38,43). The van der Waals surface area contributed by atoms with Crippen molar-refractivity contribution in [2.75, 3.05) is 38.7 Å². The van der Waals surface area contributed by atoms with Crippen LogP contribution in [-0.2, 0) is 7.05 Å². The minimum absolute atomic E-state index is 0.0668. The van der Waals surface area contributed by atoms with Gasteiger partial charge in [-0.3, -0.25) is 14.3 Å². The molecular formula is C34H34ClFN6O5. The highest BCUT2D eigenvalue weighted by molar-refractivity contribution is 6.32. The predicted octanol–water partition coefficient (Wildman–Crippen LogP) is 6.22. The number of nitrogens with one attached hydrogen (secondary N) is 1. The minimum atomic E-state index is -0.719. The third-order valence-electron chi connectivity index (χ3n) is 7.99. The van der Waals surface area contributed by atoms with Gasteiger partial charge in [0.1, 0.15) is 5.75 Å². The summed E-state index contributed by atoms with van der Waals surface area (Å²) in [4.78, 5) is 32.7. The molecule has 5 aromatic rings. The normalized spacial score (nSPS) is 13.4. The number of carbonyl (C=O) groups excluding carboxylic acids is 1. The van der Waals surface area contributed by atoms with Crippen LogP contribution < -0.4 is 25.2 Å². The van der Waals surface area contributed by atoms with Crippen molar-refractivity contribution in [3.63, 3.8) is 0 Å². The summed E-state index contributed by atoms with van der Waals surface area (Å²) in [7, 11) is 2.97. The summed E-state index contributed by atoms with van der Waals surface area (Å²) in [6, 6.07) is 15.8. The Morgan fingerprint density at radius 3 is 2.57 bits per heavy atom. The second-order valence-electron chi connectivity index (χ2n) is 11.2.